The van der Waals surface area contributed by atoms with Gasteiger partial charge in [0.15, 0.2) is 4.34 Å². The molecule has 0 aliphatic carbocycles. The molecule has 1 aliphatic rings. The fourth-order valence-electron chi connectivity index (χ4n) is 2.63. The Morgan fingerprint density at radius 3 is 2.96 bits per heavy atom. The molecule has 25 heavy (non-hydrogen) atoms. The van der Waals surface area contributed by atoms with Crippen molar-refractivity contribution >= 4 is 40.0 Å². The Balaban J connectivity index is 1.47. The summed E-state index contributed by atoms with van der Waals surface area (Å²) in [5.41, 5.74) is 1.22. The maximum absolute atomic E-state index is 12.2. The maximum atomic E-state index is 12.2. The average molecular weight is 377 g/mol. The third-order valence-corrected chi connectivity index (χ3v) is 5.90. The fourth-order valence-corrected chi connectivity index (χ4v) is 4.36. The van der Waals surface area contributed by atoms with Crippen LogP contribution >= 0.6 is 23.1 Å². The monoisotopic (exact) mass is 376 g/mol. The molecule has 0 bridgehead atoms. The number of nitrogens with one attached hydrogen (secondary N) is 2. The maximum Gasteiger partial charge on any atom is 0.228 e. The minimum Gasteiger partial charge on any atom is -0.353 e. The first-order valence-corrected chi connectivity index (χ1v) is 10.1. The van der Waals surface area contributed by atoms with Gasteiger partial charge in [-0.2, -0.15) is 0 Å². The number of carbonyl (C=O) groups excluding carboxylic acids is 2. The first kappa shape index (κ1) is 17.9. The van der Waals surface area contributed by atoms with Gasteiger partial charge in [-0.25, -0.2) is 0 Å². The van der Waals surface area contributed by atoms with Gasteiger partial charge in [0.05, 0.1) is 0 Å². The number of thioether (sulfide) groups is 1. The van der Waals surface area contributed by atoms with E-state index in [1.807, 2.05) is 18.2 Å². The number of aromatic nitrogens is 2. The predicted octanol–water partition coefficient (Wildman–Crippen LogP) is 3.22. The number of amides is 2. The van der Waals surface area contributed by atoms with Crippen LogP contribution < -0.4 is 10.6 Å². The van der Waals surface area contributed by atoms with E-state index in [4.69, 9.17) is 0 Å². The van der Waals surface area contributed by atoms with Gasteiger partial charge in [-0.1, -0.05) is 59.9 Å². The molecule has 2 heterocycles. The molecule has 1 aromatic carbocycles. The minimum absolute atomic E-state index is 0.0332. The van der Waals surface area contributed by atoms with Gasteiger partial charge in [0.25, 0.3) is 0 Å². The van der Waals surface area contributed by atoms with E-state index in [1.54, 1.807) is 11.8 Å². The van der Waals surface area contributed by atoms with Crippen molar-refractivity contribution in [3.8, 4) is 0 Å². The van der Waals surface area contributed by atoms with E-state index in [1.165, 1.54) is 16.9 Å². The van der Waals surface area contributed by atoms with Crippen LogP contribution in [-0.4, -0.2) is 28.1 Å². The van der Waals surface area contributed by atoms with Crippen LogP contribution in [0.3, 0.4) is 0 Å². The van der Waals surface area contributed by atoms with Crippen molar-refractivity contribution < 1.29 is 9.59 Å². The van der Waals surface area contributed by atoms with Gasteiger partial charge in [-0.05, 0) is 18.4 Å². The third kappa shape index (κ3) is 5.82. The summed E-state index contributed by atoms with van der Waals surface area (Å²) in [6.07, 6.45) is 3.53. The molecule has 0 radical (unpaired) electrons. The Labute approximate surface area is 154 Å². The summed E-state index contributed by atoms with van der Waals surface area (Å²) in [6, 6.07) is 10.1. The summed E-state index contributed by atoms with van der Waals surface area (Å²) >= 11 is 2.97. The number of hydrogen-bond donors (Lipinski definition) is 2. The van der Waals surface area contributed by atoms with Gasteiger partial charge in [0.2, 0.25) is 16.9 Å². The second kappa shape index (κ2) is 8.96. The molecule has 1 atom stereocenters. The first-order chi connectivity index (χ1) is 12.2. The van der Waals surface area contributed by atoms with Crippen molar-refractivity contribution in [3.05, 3.63) is 35.9 Å². The second-order valence-electron chi connectivity index (χ2n) is 5.91. The Morgan fingerprint density at radius 1 is 1.28 bits per heavy atom. The molecule has 1 fully saturated rings. The van der Waals surface area contributed by atoms with E-state index in [2.05, 4.69) is 33.0 Å². The van der Waals surface area contributed by atoms with Crippen LogP contribution in [0.15, 0.2) is 34.7 Å². The Kier molecular flexibility index (Phi) is 6.41. The summed E-state index contributed by atoms with van der Waals surface area (Å²) in [5.74, 6) is 0.714. The highest BCUT2D eigenvalue weighted by atomic mass is 32.2. The van der Waals surface area contributed by atoms with Gasteiger partial charge in [0, 0.05) is 24.6 Å². The van der Waals surface area contributed by atoms with E-state index in [0.717, 1.165) is 29.4 Å². The van der Waals surface area contributed by atoms with Crippen molar-refractivity contribution in [2.75, 3.05) is 5.32 Å². The fraction of sp³-hybridized carbons (Fsp3) is 0.412. The Hall–Kier alpha value is -1.93. The number of rotatable bonds is 6. The number of anilines is 1. The molecular weight excluding hydrogens is 356 g/mol. The van der Waals surface area contributed by atoms with Crippen LogP contribution in [0.25, 0.3) is 0 Å². The number of hydrogen-bond acceptors (Lipinski definition) is 6. The molecule has 1 saturated heterocycles. The zero-order chi connectivity index (χ0) is 17.5. The van der Waals surface area contributed by atoms with E-state index in [-0.39, 0.29) is 24.3 Å². The topological polar surface area (TPSA) is 84.0 Å². The van der Waals surface area contributed by atoms with Crippen LogP contribution in [0.4, 0.5) is 5.13 Å². The van der Waals surface area contributed by atoms with E-state index in [9.17, 15) is 9.59 Å². The highest BCUT2D eigenvalue weighted by Gasteiger charge is 2.20. The molecule has 2 aromatic rings. The molecule has 1 aliphatic heterocycles. The van der Waals surface area contributed by atoms with Crippen LogP contribution in [-0.2, 0) is 15.3 Å². The number of benzene rings is 1. The van der Waals surface area contributed by atoms with E-state index >= 15 is 0 Å². The zero-order valence-electron chi connectivity index (χ0n) is 13.7. The summed E-state index contributed by atoms with van der Waals surface area (Å²) in [7, 11) is 0. The number of carbonyl (C=O) groups is 2. The smallest absolute Gasteiger partial charge is 0.228 e. The second-order valence-corrected chi connectivity index (χ2v) is 8.11. The molecule has 6 nitrogen and oxygen atoms in total. The SMILES string of the molecule is O=C(CC1CCCCC(=O)N1)Nc1nnc(SCc2ccccc2)s1. The average Bonchev–Trinajstić information content (AvgIpc) is 2.94. The Bertz CT molecular complexity index is 720. The molecule has 1 aromatic heterocycles. The lowest BCUT2D eigenvalue weighted by atomic mass is 10.1. The summed E-state index contributed by atoms with van der Waals surface area (Å²) in [4.78, 5) is 23.7. The summed E-state index contributed by atoms with van der Waals surface area (Å²) < 4.78 is 0.821. The zero-order valence-corrected chi connectivity index (χ0v) is 15.4. The molecular formula is C17H20N4O2S2. The lowest BCUT2D eigenvalue weighted by molar-refractivity contribution is -0.121. The highest BCUT2D eigenvalue weighted by molar-refractivity contribution is 8.00. The quantitative estimate of drug-likeness (QED) is 0.597. The van der Waals surface area contributed by atoms with Crippen molar-refractivity contribution in [3.63, 3.8) is 0 Å². The van der Waals surface area contributed by atoms with Crippen molar-refractivity contribution in [1.29, 1.82) is 0 Å². The van der Waals surface area contributed by atoms with Crippen molar-refractivity contribution in [1.82, 2.24) is 15.5 Å². The molecule has 132 valence electrons. The van der Waals surface area contributed by atoms with Gasteiger partial charge in [-0.15, -0.1) is 10.2 Å². The van der Waals surface area contributed by atoms with Crippen LogP contribution in [0, 0.1) is 0 Å². The minimum atomic E-state index is -0.136. The normalized spacial score (nSPS) is 17.6. The molecule has 2 N–H and O–H groups in total. The van der Waals surface area contributed by atoms with Crippen LogP contribution in [0.2, 0.25) is 0 Å². The molecule has 0 spiro atoms. The lowest BCUT2D eigenvalue weighted by Gasteiger charge is -2.14. The summed E-state index contributed by atoms with van der Waals surface area (Å²) in [5, 5.41) is 14.3. The van der Waals surface area contributed by atoms with Gasteiger partial charge >= 0.3 is 0 Å². The molecule has 2 amide bonds. The molecule has 1 unspecified atom stereocenters. The molecule has 3 rings (SSSR count). The molecule has 0 saturated carbocycles. The standard InChI is InChI=1S/C17H20N4O2S2/c22-14-9-5-4-8-13(18-14)10-15(23)19-16-20-21-17(25-16)24-11-12-6-2-1-3-7-12/h1-3,6-7,13H,4-5,8-11H2,(H,18,22)(H,19,20,23). The van der Waals surface area contributed by atoms with Gasteiger partial charge < -0.3 is 10.6 Å². The van der Waals surface area contributed by atoms with E-state index in [0.29, 0.717) is 11.6 Å². The third-order valence-electron chi connectivity index (χ3n) is 3.86. The molecule has 8 heteroatoms. The predicted molar refractivity (Wildman–Crippen MR) is 99.6 cm³/mol. The Morgan fingerprint density at radius 2 is 2.12 bits per heavy atom. The van der Waals surface area contributed by atoms with Crippen LogP contribution in [0.1, 0.15) is 37.7 Å². The van der Waals surface area contributed by atoms with E-state index < -0.39 is 0 Å². The first-order valence-electron chi connectivity index (χ1n) is 8.28. The van der Waals surface area contributed by atoms with Crippen molar-refractivity contribution in [2.24, 2.45) is 0 Å². The van der Waals surface area contributed by atoms with Gasteiger partial charge in [-0.3, -0.25) is 9.59 Å². The highest BCUT2D eigenvalue weighted by Crippen LogP contribution is 2.28. The number of nitrogens with zero attached hydrogens (tertiary/aromatic N) is 2. The van der Waals surface area contributed by atoms with Crippen molar-refractivity contribution in [2.45, 2.75) is 48.2 Å². The lowest BCUT2D eigenvalue weighted by Crippen LogP contribution is -2.35. The van der Waals surface area contributed by atoms with Gasteiger partial charge in [0.1, 0.15) is 0 Å². The largest absolute Gasteiger partial charge is 0.353 e. The summed E-state index contributed by atoms with van der Waals surface area (Å²) in [6.45, 7) is 0. The van der Waals surface area contributed by atoms with Crippen LogP contribution in [0.5, 0.6) is 0 Å².